The Kier molecular flexibility index (Phi) is 5.67. The Morgan fingerprint density at radius 2 is 1.82 bits per heavy atom. The van der Waals surface area contributed by atoms with Crippen LogP contribution in [0.2, 0.25) is 0 Å². The van der Waals surface area contributed by atoms with Gasteiger partial charge in [-0.3, -0.25) is 4.79 Å². The third kappa shape index (κ3) is 4.16. The van der Waals surface area contributed by atoms with E-state index in [9.17, 15) is 4.79 Å². The molecule has 0 saturated heterocycles. The molecule has 0 aliphatic rings. The van der Waals surface area contributed by atoms with E-state index >= 15 is 0 Å². The number of carbonyl (C=O) groups is 1. The van der Waals surface area contributed by atoms with Gasteiger partial charge in [-0.1, -0.05) is 12.1 Å². The van der Waals surface area contributed by atoms with Crippen molar-refractivity contribution in [1.82, 2.24) is 10.2 Å². The average Bonchev–Trinajstić information content (AvgIpc) is 2.74. The molecule has 0 bridgehead atoms. The second-order valence-electron chi connectivity index (χ2n) is 5.61. The maximum Gasteiger partial charge on any atom is 0.276 e. The number of nitriles is 1. The van der Waals surface area contributed by atoms with Crippen molar-refractivity contribution < 1.29 is 14.3 Å². The van der Waals surface area contributed by atoms with Gasteiger partial charge in [-0.05, 0) is 36.4 Å². The number of hydrogen-bond acceptors (Lipinski definition) is 7. The van der Waals surface area contributed by atoms with Crippen LogP contribution in [-0.2, 0) is 0 Å². The van der Waals surface area contributed by atoms with Gasteiger partial charge in [0, 0.05) is 6.07 Å². The zero-order valence-electron chi connectivity index (χ0n) is 15.3. The number of benzene rings is 2. The van der Waals surface area contributed by atoms with Crippen molar-refractivity contribution in [3.8, 4) is 17.6 Å². The summed E-state index contributed by atoms with van der Waals surface area (Å²) >= 11 is 0. The number of amides is 1. The van der Waals surface area contributed by atoms with E-state index in [1.54, 1.807) is 62.8 Å². The van der Waals surface area contributed by atoms with Gasteiger partial charge in [0.15, 0.2) is 11.5 Å². The monoisotopic (exact) mass is 375 g/mol. The summed E-state index contributed by atoms with van der Waals surface area (Å²) in [5.41, 5.74) is 1.56. The fourth-order valence-electron chi connectivity index (χ4n) is 2.45. The number of hydrogen-bond donors (Lipinski definition) is 2. The number of aromatic nitrogens is 2. The maximum absolute atomic E-state index is 12.4. The summed E-state index contributed by atoms with van der Waals surface area (Å²) in [5.74, 6) is 1.24. The number of para-hydroxylation sites is 1. The molecule has 140 valence electrons. The number of carbonyl (C=O) groups excluding carboxylic acids is 1. The fraction of sp³-hybridized carbons (Fsp3) is 0.100. The molecule has 0 saturated carbocycles. The molecule has 0 radical (unpaired) electrons. The van der Waals surface area contributed by atoms with E-state index in [1.807, 2.05) is 6.07 Å². The van der Waals surface area contributed by atoms with Gasteiger partial charge in [-0.2, -0.15) is 5.26 Å². The van der Waals surface area contributed by atoms with Gasteiger partial charge in [0.05, 0.1) is 31.2 Å². The molecule has 2 aromatic carbocycles. The molecule has 0 unspecified atom stereocenters. The van der Waals surface area contributed by atoms with Crippen LogP contribution in [0.15, 0.2) is 54.6 Å². The lowest BCUT2D eigenvalue weighted by Gasteiger charge is -2.12. The molecule has 1 amide bonds. The lowest BCUT2D eigenvalue weighted by atomic mass is 10.2. The lowest BCUT2D eigenvalue weighted by Crippen LogP contribution is -2.15. The Balaban J connectivity index is 1.75. The van der Waals surface area contributed by atoms with Crippen LogP contribution in [0.5, 0.6) is 11.5 Å². The minimum atomic E-state index is -0.458. The van der Waals surface area contributed by atoms with E-state index in [4.69, 9.17) is 14.7 Å². The summed E-state index contributed by atoms with van der Waals surface area (Å²) in [6, 6.07) is 17.2. The van der Waals surface area contributed by atoms with Crippen molar-refractivity contribution in [2.24, 2.45) is 0 Å². The van der Waals surface area contributed by atoms with Crippen LogP contribution in [-0.4, -0.2) is 30.3 Å². The molecule has 0 fully saturated rings. The van der Waals surface area contributed by atoms with E-state index in [0.717, 1.165) is 0 Å². The Morgan fingerprint density at radius 1 is 1.00 bits per heavy atom. The van der Waals surface area contributed by atoms with Crippen LogP contribution in [0.25, 0.3) is 0 Å². The smallest absolute Gasteiger partial charge is 0.276 e. The predicted octanol–water partition coefficient (Wildman–Crippen LogP) is 3.36. The molecule has 8 nitrogen and oxygen atoms in total. The van der Waals surface area contributed by atoms with Crippen molar-refractivity contribution in [2.75, 3.05) is 24.9 Å². The minimum Gasteiger partial charge on any atom is -0.497 e. The molecule has 0 aliphatic heterocycles. The third-order valence-electron chi connectivity index (χ3n) is 3.86. The van der Waals surface area contributed by atoms with Gasteiger partial charge in [-0.15, -0.1) is 10.2 Å². The second-order valence-corrected chi connectivity index (χ2v) is 5.61. The number of rotatable bonds is 6. The first-order valence-corrected chi connectivity index (χ1v) is 8.28. The summed E-state index contributed by atoms with van der Waals surface area (Å²) in [5, 5.41) is 22.8. The van der Waals surface area contributed by atoms with E-state index in [2.05, 4.69) is 20.8 Å². The molecular formula is C20H17N5O3. The zero-order chi connectivity index (χ0) is 19.9. The Bertz CT molecular complexity index is 1030. The van der Waals surface area contributed by atoms with Crippen molar-refractivity contribution in [1.29, 1.82) is 5.26 Å². The molecule has 1 heterocycles. The van der Waals surface area contributed by atoms with E-state index in [-0.39, 0.29) is 5.69 Å². The summed E-state index contributed by atoms with van der Waals surface area (Å²) < 4.78 is 10.5. The van der Waals surface area contributed by atoms with Crippen LogP contribution in [0, 0.1) is 11.3 Å². The number of ether oxygens (including phenoxy) is 2. The summed E-state index contributed by atoms with van der Waals surface area (Å²) in [6.07, 6.45) is 0. The molecule has 0 atom stereocenters. The van der Waals surface area contributed by atoms with E-state index in [1.165, 1.54) is 6.07 Å². The number of nitrogens with zero attached hydrogens (tertiary/aromatic N) is 3. The van der Waals surface area contributed by atoms with Crippen molar-refractivity contribution in [3.63, 3.8) is 0 Å². The fourth-order valence-corrected chi connectivity index (χ4v) is 2.45. The Hall–Kier alpha value is -4.12. The van der Waals surface area contributed by atoms with Gasteiger partial charge in [-0.25, -0.2) is 0 Å². The van der Waals surface area contributed by atoms with Crippen LogP contribution in [0.1, 0.15) is 16.1 Å². The molecule has 28 heavy (non-hydrogen) atoms. The summed E-state index contributed by atoms with van der Waals surface area (Å²) in [4.78, 5) is 12.4. The normalized spacial score (nSPS) is 9.89. The first-order chi connectivity index (χ1) is 13.6. The second kappa shape index (κ2) is 8.51. The largest absolute Gasteiger partial charge is 0.497 e. The molecule has 0 aliphatic carbocycles. The molecule has 8 heteroatoms. The predicted molar refractivity (Wildman–Crippen MR) is 104 cm³/mol. The van der Waals surface area contributed by atoms with Crippen LogP contribution < -0.4 is 20.1 Å². The van der Waals surface area contributed by atoms with Gasteiger partial charge in [0.2, 0.25) is 0 Å². The Labute approximate surface area is 161 Å². The molecule has 2 N–H and O–H groups in total. The zero-order valence-corrected chi connectivity index (χ0v) is 15.3. The highest BCUT2D eigenvalue weighted by Gasteiger charge is 2.12. The third-order valence-corrected chi connectivity index (χ3v) is 3.86. The molecule has 0 spiro atoms. The minimum absolute atomic E-state index is 0.121. The lowest BCUT2D eigenvalue weighted by molar-refractivity contribution is 0.102. The highest BCUT2D eigenvalue weighted by atomic mass is 16.5. The number of anilines is 3. The van der Waals surface area contributed by atoms with Crippen molar-refractivity contribution in [3.05, 3.63) is 65.9 Å². The SMILES string of the molecule is COc1ccc(OC)c(Nc2ccc(C(=O)Nc3ccccc3C#N)nn2)c1. The number of nitrogens with one attached hydrogen (secondary N) is 2. The Morgan fingerprint density at radius 3 is 2.50 bits per heavy atom. The maximum atomic E-state index is 12.4. The summed E-state index contributed by atoms with van der Waals surface area (Å²) in [7, 11) is 3.13. The number of methoxy groups -OCH3 is 2. The average molecular weight is 375 g/mol. The van der Waals surface area contributed by atoms with Crippen molar-refractivity contribution >= 4 is 23.1 Å². The molecule has 3 aromatic rings. The van der Waals surface area contributed by atoms with Crippen molar-refractivity contribution in [2.45, 2.75) is 0 Å². The standard InChI is InChI=1S/C20H17N5O3/c1-27-14-7-9-18(28-2)17(11-14)22-19-10-8-16(24-25-19)20(26)23-15-6-4-3-5-13(15)12-21/h3-11H,1-2H3,(H,22,25)(H,23,26). The molecule has 3 rings (SSSR count). The van der Waals surface area contributed by atoms with Gasteiger partial charge >= 0.3 is 0 Å². The van der Waals surface area contributed by atoms with Crippen LogP contribution in [0.3, 0.4) is 0 Å². The van der Waals surface area contributed by atoms with Gasteiger partial charge in [0.25, 0.3) is 5.91 Å². The van der Waals surface area contributed by atoms with Gasteiger partial charge < -0.3 is 20.1 Å². The molecule has 1 aromatic heterocycles. The van der Waals surface area contributed by atoms with Gasteiger partial charge in [0.1, 0.15) is 17.6 Å². The van der Waals surface area contributed by atoms with E-state index < -0.39 is 5.91 Å². The first kappa shape index (κ1) is 18.7. The topological polar surface area (TPSA) is 109 Å². The highest BCUT2D eigenvalue weighted by Crippen LogP contribution is 2.30. The van der Waals surface area contributed by atoms with Crippen LogP contribution >= 0.6 is 0 Å². The summed E-state index contributed by atoms with van der Waals surface area (Å²) in [6.45, 7) is 0. The molecular weight excluding hydrogens is 358 g/mol. The quantitative estimate of drug-likeness (QED) is 0.680. The van der Waals surface area contributed by atoms with E-state index in [0.29, 0.717) is 34.3 Å². The highest BCUT2D eigenvalue weighted by molar-refractivity contribution is 6.03. The van der Waals surface area contributed by atoms with Crippen LogP contribution in [0.4, 0.5) is 17.2 Å². The first-order valence-electron chi connectivity index (χ1n) is 8.28.